The highest BCUT2D eigenvalue weighted by Crippen LogP contribution is 2.38. The first-order valence-corrected chi connectivity index (χ1v) is 14.8. The largest absolute Gasteiger partial charge is 0.507 e. The fourth-order valence-electron chi connectivity index (χ4n) is 3.33. The van der Waals surface area contributed by atoms with E-state index in [-0.39, 0.29) is 34.0 Å². The number of rotatable bonds is 8. The number of phenols is 1. The van der Waals surface area contributed by atoms with Gasteiger partial charge in [0.05, 0.1) is 22.1 Å². The van der Waals surface area contributed by atoms with Crippen molar-refractivity contribution in [2.24, 2.45) is 0 Å². The summed E-state index contributed by atoms with van der Waals surface area (Å²) in [4.78, 5) is 11.2. The number of aromatic hydroxyl groups is 1. The number of phenolic OH excluding ortho intramolecular Hbond substituents is 1. The Morgan fingerprint density at radius 1 is 0.914 bits per heavy atom. The van der Waals surface area contributed by atoms with Crippen molar-refractivity contribution in [2.45, 2.75) is 15.5 Å². The molecule has 0 atom stereocenters. The van der Waals surface area contributed by atoms with Crippen molar-refractivity contribution in [3.05, 3.63) is 59.7 Å². The molecule has 0 aliphatic rings. The maximum atomic E-state index is 12.9. The van der Waals surface area contributed by atoms with Gasteiger partial charge in [0.2, 0.25) is 0 Å². The molecule has 0 radical (unpaired) electrons. The van der Waals surface area contributed by atoms with Crippen molar-refractivity contribution in [2.75, 3.05) is 16.9 Å². The lowest BCUT2D eigenvalue weighted by Gasteiger charge is -2.14. The molecule has 0 aliphatic heterocycles. The number of anilines is 1. The number of sulfone groups is 1. The Balaban J connectivity index is 2.09. The minimum Gasteiger partial charge on any atom is -0.507 e. The van der Waals surface area contributed by atoms with Crippen LogP contribution in [0.5, 0.6) is 5.75 Å². The second-order valence-corrected chi connectivity index (χ2v) is 12.7. The Labute approximate surface area is 205 Å². The van der Waals surface area contributed by atoms with Crippen molar-refractivity contribution >= 4 is 64.0 Å². The van der Waals surface area contributed by atoms with E-state index in [4.69, 9.17) is 11.6 Å². The molecule has 35 heavy (non-hydrogen) atoms. The number of benzene rings is 3. The van der Waals surface area contributed by atoms with E-state index in [2.05, 4.69) is 5.32 Å². The highest BCUT2D eigenvalue weighted by atomic mass is 35.5. The van der Waals surface area contributed by atoms with Gasteiger partial charge in [0.1, 0.15) is 10.6 Å². The van der Waals surface area contributed by atoms with Crippen LogP contribution in [0.3, 0.4) is 0 Å². The Morgan fingerprint density at radius 3 is 2.20 bits per heavy atom. The van der Waals surface area contributed by atoms with Crippen molar-refractivity contribution < 1.29 is 44.3 Å². The first-order valence-electron chi connectivity index (χ1n) is 9.54. The Bertz CT molecular complexity index is 1650. The van der Waals surface area contributed by atoms with Crippen LogP contribution < -0.4 is 5.32 Å². The molecule has 0 spiro atoms. The van der Waals surface area contributed by atoms with Gasteiger partial charge >= 0.3 is 0 Å². The SMILES string of the molecule is O=C(Nc1ccc(S(=O)(=O)O)c2cc(S(=O)(=O)O)cc(O)c12)c1cccc(CS(=O)(=O)CCCl)c1. The first-order chi connectivity index (χ1) is 16.1. The first kappa shape index (κ1) is 26.8. The molecule has 3 aromatic rings. The average Bonchev–Trinajstić information content (AvgIpc) is 2.71. The summed E-state index contributed by atoms with van der Waals surface area (Å²) in [5, 5.41) is 12.0. The van der Waals surface area contributed by atoms with Crippen LogP contribution in [0, 0.1) is 0 Å². The lowest BCUT2D eigenvalue weighted by molar-refractivity contribution is 0.102. The van der Waals surface area contributed by atoms with E-state index >= 15 is 0 Å². The molecule has 0 fully saturated rings. The molecule has 4 N–H and O–H groups in total. The fourth-order valence-corrected chi connectivity index (χ4v) is 6.31. The summed E-state index contributed by atoms with van der Waals surface area (Å²) in [5.41, 5.74) is 0.191. The highest BCUT2D eigenvalue weighted by molar-refractivity contribution is 7.90. The second-order valence-electron chi connectivity index (χ2n) is 7.36. The van der Waals surface area contributed by atoms with Gasteiger partial charge in [-0.2, -0.15) is 16.8 Å². The van der Waals surface area contributed by atoms with Crippen molar-refractivity contribution in [3.8, 4) is 5.75 Å². The number of alkyl halides is 1. The number of carbonyl (C=O) groups excluding carboxylic acids is 1. The summed E-state index contributed by atoms with van der Waals surface area (Å²) < 4.78 is 89.5. The minimum absolute atomic E-state index is 0.0321. The molecule has 0 bridgehead atoms. The summed E-state index contributed by atoms with van der Waals surface area (Å²) in [7, 11) is -13.3. The standard InChI is InChI=1S/C20H18ClNO10S3/c21-6-7-33(25,26)11-12-2-1-3-13(8-12)20(24)22-16-4-5-18(35(30,31)32)15-9-14(34(27,28)29)10-17(23)19(15)16/h1-5,8-10,23H,6-7,11H2,(H,22,24)(H,27,28,29)(H,30,31,32). The van der Waals surface area contributed by atoms with Gasteiger partial charge in [-0.15, -0.1) is 11.6 Å². The van der Waals surface area contributed by atoms with Crippen molar-refractivity contribution in [1.82, 2.24) is 0 Å². The number of carbonyl (C=O) groups is 1. The predicted molar refractivity (Wildman–Crippen MR) is 128 cm³/mol. The third kappa shape index (κ3) is 6.28. The zero-order chi connectivity index (χ0) is 26.2. The van der Waals surface area contributed by atoms with Crippen LogP contribution in [0.2, 0.25) is 0 Å². The lowest BCUT2D eigenvalue weighted by Crippen LogP contribution is -2.14. The van der Waals surface area contributed by atoms with E-state index in [1.165, 1.54) is 24.3 Å². The third-order valence-electron chi connectivity index (χ3n) is 4.82. The Hall–Kier alpha value is -2.75. The van der Waals surface area contributed by atoms with E-state index in [0.717, 1.165) is 12.1 Å². The number of hydrogen-bond acceptors (Lipinski definition) is 8. The molecule has 11 nitrogen and oxygen atoms in total. The molecule has 188 valence electrons. The summed E-state index contributed by atoms with van der Waals surface area (Å²) in [6, 6.07) is 8.96. The van der Waals surface area contributed by atoms with Crippen LogP contribution in [0.1, 0.15) is 15.9 Å². The van der Waals surface area contributed by atoms with Crippen molar-refractivity contribution in [3.63, 3.8) is 0 Å². The number of amides is 1. The second kappa shape index (κ2) is 9.72. The van der Waals surface area contributed by atoms with Crippen LogP contribution in [-0.2, 0) is 35.8 Å². The molecule has 0 aliphatic carbocycles. The van der Waals surface area contributed by atoms with Crippen molar-refractivity contribution in [1.29, 1.82) is 0 Å². The topological polar surface area (TPSA) is 192 Å². The van der Waals surface area contributed by atoms with E-state index < -0.39 is 56.9 Å². The van der Waals surface area contributed by atoms with Crippen LogP contribution in [0.25, 0.3) is 10.8 Å². The van der Waals surface area contributed by atoms with Gasteiger partial charge in [-0.25, -0.2) is 8.42 Å². The maximum absolute atomic E-state index is 12.9. The zero-order valence-electron chi connectivity index (χ0n) is 17.5. The van der Waals surface area contributed by atoms with Crippen LogP contribution in [-0.4, -0.2) is 57.0 Å². The summed E-state index contributed by atoms with van der Waals surface area (Å²) in [6.45, 7) is 0. The maximum Gasteiger partial charge on any atom is 0.295 e. The number of hydrogen-bond donors (Lipinski definition) is 4. The van der Waals surface area contributed by atoms with E-state index in [1.54, 1.807) is 0 Å². The van der Waals surface area contributed by atoms with Crippen LogP contribution >= 0.6 is 11.6 Å². The molecule has 0 saturated heterocycles. The van der Waals surface area contributed by atoms with Crippen LogP contribution in [0.4, 0.5) is 5.69 Å². The molecular weight excluding hydrogens is 546 g/mol. The highest BCUT2D eigenvalue weighted by Gasteiger charge is 2.23. The molecule has 1 amide bonds. The van der Waals surface area contributed by atoms with Gasteiger partial charge in [-0.1, -0.05) is 12.1 Å². The number of nitrogens with one attached hydrogen (secondary N) is 1. The molecule has 3 aromatic carbocycles. The monoisotopic (exact) mass is 563 g/mol. The predicted octanol–water partition coefficient (Wildman–Crippen LogP) is 2.44. The summed E-state index contributed by atoms with van der Waals surface area (Å²) in [5.74, 6) is -2.26. The van der Waals surface area contributed by atoms with E-state index in [9.17, 15) is 44.3 Å². The minimum atomic E-state index is -4.90. The van der Waals surface area contributed by atoms with Gasteiger partial charge in [-0.05, 0) is 35.9 Å². The summed E-state index contributed by atoms with van der Waals surface area (Å²) >= 11 is 5.49. The molecule has 0 unspecified atom stereocenters. The summed E-state index contributed by atoms with van der Waals surface area (Å²) in [6.07, 6.45) is 0. The smallest absolute Gasteiger partial charge is 0.295 e. The molecule has 0 heterocycles. The number of fused-ring (bicyclic) bond motifs is 1. The number of halogens is 1. The normalized spacial score (nSPS) is 12.5. The molecule has 3 rings (SSSR count). The van der Waals surface area contributed by atoms with Gasteiger partial charge in [-0.3, -0.25) is 13.9 Å². The van der Waals surface area contributed by atoms with E-state index in [1.807, 2.05) is 0 Å². The molecule has 0 aromatic heterocycles. The average molecular weight is 564 g/mol. The fraction of sp³-hybridized carbons (Fsp3) is 0.150. The molecule has 0 saturated carbocycles. The zero-order valence-corrected chi connectivity index (χ0v) is 20.7. The quantitative estimate of drug-likeness (QED) is 0.233. The lowest BCUT2D eigenvalue weighted by atomic mass is 10.1. The van der Waals surface area contributed by atoms with Gasteiger partial charge in [0.15, 0.2) is 9.84 Å². The Kier molecular flexibility index (Phi) is 7.45. The Morgan fingerprint density at radius 2 is 1.60 bits per heavy atom. The molecular formula is C20H18ClNO10S3. The van der Waals surface area contributed by atoms with Gasteiger partial charge in [0, 0.05) is 28.3 Å². The third-order valence-corrected chi connectivity index (χ3v) is 8.57. The van der Waals surface area contributed by atoms with Crippen LogP contribution in [0.15, 0.2) is 58.3 Å². The van der Waals surface area contributed by atoms with E-state index in [0.29, 0.717) is 17.7 Å². The van der Waals surface area contributed by atoms with Gasteiger partial charge < -0.3 is 10.4 Å². The van der Waals surface area contributed by atoms with Gasteiger partial charge in [0.25, 0.3) is 26.1 Å². The molecule has 15 heteroatoms.